The fourth-order valence-corrected chi connectivity index (χ4v) is 4.24. The summed E-state index contributed by atoms with van der Waals surface area (Å²) in [5, 5.41) is 2.18. The van der Waals surface area contributed by atoms with Crippen molar-refractivity contribution in [1.82, 2.24) is 0 Å². The van der Waals surface area contributed by atoms with Gasteiger partial charge in [0.1, 0.15) is 0 Å². The number of halogens is 1. The predicted molar refractivity (Wildman–Crippen MR) is 79.4 cm³/mol. The van der Waals surface area contributed by atoms with E-state index in [1.165, 1.54) is 0 Å². The van der Waals surface area contributed by atoms with Gasteiger partial charge in [-0.2, -0.15) is 0 Å². The molecule has 2 aromatic rings. The Morgan fingerprint density at radius 1 is 0.889 bits per heavy atom. The third-order valence-corrected chi connectivity index (χ3v) is 5.13. The molecular weight excluding hydrogens is 263 g/mol. The fraction of sp³-hybridized carbons (Fsp3) is 0.133. The van der Waals surface area contributed by atoms with Gasteiger partial charge >= 0.3 is 0 Å². The topological polar surface area (TPSA) is 17.1 Å². The number of benzene rings is 2. The Balaban J connectivity index is 2.38. The first-order valence-electron chi connectivity index (χ1n) is 5.82. The van der Waals surface area contributed by atoms with Gasteiger partial charge in [-0.05, 0) is 10.6 Å². The summed E-state index contributed by atoms with van der Waals surface area (Å²) in [7, 11) is -0.941. The summed E-state index contributed by atoms with van der Waals surface area (Å²) in [6, 6.07) is 19.9. The summed E-state index contributed by atoms with van der Waals surface area (Å²) in [5.41, 5.74) is 0.234. The van der Waals surface area contributed by atoms with E-state index in [2.05, 4.69) is 0 Å². The smallest absolute Gasteiger partial charge is 0.164 e. The maximum Gasteiger partial charge on any atom is 0.164 e. The van der Waals surface area contributed by atoms with Crippen LogP contribution in [0, 0.1) is 0 Å². The second-order valence-corrected chi connectivity index (χ2v) is 6.42. The Bertz CT molecular complexity index is 459. The molecule has 18 heavy (non-hydrogen) atoms. The number of hydrogen-bond donors (Lipinski definition) is 0. The van der Waals surface area contributed by atoms with E-state index >= 15 is 0 Å². The number of rotatable bonds is 5. The van der Waals surface area contributed by atoms with Crippen LogP contribution in [0.3, 0.4) is 0 Å². The molecular formula is C15H14ClOP. The molecule has 0 amide bonds. The van der Waals surface area contributed by atoms with Gasteiger partial charge in [0.2, 0.25) is 0 Å². The van der Waals surface area contributed by atoms with Gasteiger partial charge in [0.05, 0.1) is 0 Å². The van der Waals surface area contributed by atoms with E-state index in [0.29, 0.717) is 12.3 Å². The van der Waals surface area contributed by atoms with E-state index in [1.807, 2.05) is 60.7 Å². The van der Waals surface area contributed by atoms with Crippen LogP contribution >= 0.6 is 19.5 Å². The first-order valence-corrected chi connectivity index (χ1v) is 7.69. The molecule has 92 valence electrons. The van der Waals surface area contributed by atoms with Gasteiger partial charge in [0, 0.05) is 20.2 Å². The van der Waals surface area contributed by atoms with Crippen LogP contribution in [0.2, 0.25) is 0 Å². The Morgan fingerprint density at radius 3 is 1.72 bits per heavy atom. The third-order valence-electron chi connectivity index (χ3n) is 2.59. The summed E-state index contributed by atoms with van der Waals surface area (Å²) >= 11 is 5.70. The molecule has 0 aliphatic rings. The van der Waals surface area contributed by atoms with Crippen LogP contribution in [-0.2, 0) is 4.79 Å². The second kappa shape index (κ2) is 6.68. The second-order valence-electron chi connectivity index (χ2n) is 3.84. The van der Waals surface area contributed by atoms with Crippen LogP contribution < -0.4 is 10.6 Å². The van der Waals surface area contributed by atoms with Gasteiger partial charge in [-0.1, -0.05) is 60.7 Å². The molecule has 0 aromatic heterocycles. The van der Waals surface area contributed by atoms with Crippen molar-refractivity contribution in [2.75, 3.05) is 5.88 Å². The standard InChI is InChI=1S/C15H14ClOP/c16-12-11-15(17)18(13-7-3-1-4-8-13)14-9-5-2-6-10-14/h1-10H,11-12H2. The lowest BCUT2D eigenvalue weighted by Crippen LogP contribution is -2.18. The Morgan fingerprint density at radius 2 is 1.33 bits per heavy atom. The monoisotopic (exact) mass is 276 g/mol. The highest BCUT2D eigenvalue weighted by molar-refractivity contribution is 7.87. The van der Waals surface area contributed by atoms with Crippen LogP contribution in [0.15, 0.2) is 60.7 Å². The summed E-state index contributed by atoms with van der Waals surface area (Å²) in [6.45, 7) is 0. The molecule has 0 heterocycles. The van der Waals surface area contributed by atoms with Crippen LogP contribution in [0.4, 0.5) is 0 Å². The molecule has 0 unspecified atom stereocenters. The maximum absolute atomic E-state index is 12.3. The normalized spacial score (nSPS) is 10.6. The zero-order valence-corrected chi connectivity index (χ0v) is 11.6. The molecule has 0 N–H and O–H groups in total. The van der Waals surface area contributed by atoms with Crippen LogP contribution in [0.5, 0.6) is 0 Å². The lowest BCUT2D eigenvalue weighted by molar-refractivity contribution is -0.111. The lowest BCUT2D eigenvalue weighted by Gasteiger charge is -2.16. The Hall–Kier alpha value is -1.17. The molecule has 0 atom stereocenters. The molecule has 2 rings (SSSR count). The van der Waals surface area contributed by atoms with E-state index in [0.717, 1.165) is 10.6 Å². The maximum atomic E-state index is 12.3. The van der Waals surface area contributed by atoms with Crippen molar-refractivity contribution >= 4 is 35.7 Å². The molecule has 0 radical (unpaired) electrons. The van der Waals surface area contributed by atoms with Crippen molar-refractivity contribution in [2.24, 2.45) is 0 Å². The quantitative estimate of drug-likeness (QED) is 0.605. The fourth-order valence-electron chi connectivity index (χ4n) is 1.78. The van der Waals surface area contributed by atoms with Crippen molar-refractivity contribution in [3.63, 3.8) is 0 Å². The summed E-state index contributed by atoms with van der Waals surface area (Å²) in [5.74, 6) is 0.386. The number of carbonyl (C=O) groups excluding carboxylic acids is 1. The molecule has 3 heteroatoms. The third kappa shape index (κ3) is 3.19. The zero-order chi connectivity index (χ0) is 12.8. The number of hydrogen-bond acceptors (Lipinski definition) is 1. The molecule has 0 bridgehead atoms. The minimum absolute atomic E-state index is 0.234. The minimum atomic E-state index is -0.941. The molecule has 2 aromatic carbocycles. The summed E-state index contributed by atoms with van der Waals surface area (Å²) < 4.78 is 0. The van der Waals surface area contributed by atoms with Crippen molar-refractivity contribution in [2.45, 2.75) is 6.42 Å². The van der Waals surface area contributed by atoms with E-state index in [4.69, 9.17) is 11.6 Å². The van der Waals surface area contributed by atoms with E-state index < -0.39 is 7.92 Å². The average Bonchev–Trinajstić information content (AvgIpc) is 2.42. The van der Waals surface area contributed by atoms with Crippen molar-refractivity contribution in [3.05, 3.63) is 60.7 Å². The van der Waals surface area contributed by atoms with Crippen molar-refractivity contribution < 1.29 is 4.79 Å². The molecule has 0 spiro atoms. The highest BCUT2D eigenvalue weighted by Crippen LogP contribution is 2.35. The highest BCUT2D eigenvalue weighted by Gasteiger charge is 2.21. The van der Waals surface area contributed by atoms with Gasteiger partial charge in [0.15, 0.2) is 5.52 Å². The number of alkyl halides is 1. The Labute approximate surface area is 114 Å². The summed E-state index contributed by atoms with van der Waals surface area (Å²) in [4.78, 5) is 12.3. The van der Waals surface area contributed by atoms with Crippen LogP contribution in [-0.4, -0.2) is 11.4 Å². The number of carbonyl (C=O) groups is 1. The predicted octanol–water partition coefficient (Wildman–Crippen LogP) is 3.27. The zero-order valence-electron chi connectivity index (χ0n) is 9.92. The van der Waals surface area contributed by atoms with Crippen LogP contribution in [0.1, 0.15) is 6.42 Å². The molecule has 0 aliphatic carbocycles. The van der Waals surface area contributed by atoms with Gasteiger partial charge in [-0.3, -0.25) is 4.79 Å². The SMILES string of the molecule is O=C(CCCl)P(c1ccccc1)c1ccccc1. The lowest BCUT2D eigenvalue weighted by atomic mass is 10.4. The largest absolute Gasteiger partial charge is 0.294 e. The highest BCUT2D eigenvalue weighted by atomic mass is 35.5. The molecule has 0 saturated heterocycles. The van der Waals surface area contributed by atoms with Gasteiger partial charge in [-0.15, -0.1) is 11.6 Å². The first-order chi connectivity index (χ1) is 8.83. The Kier molecular flexibility index (Phi) is 4.92. The average molecular weight is 277 g/mol. The molecule has 0 saturated carbocycles. The minimum Gasteiger partial charge on any atom is -0.294 e. The molecule has 0 aliphatic heterocycles. The van der Waals surface area contributed by atoms with Crippen molar-refractivity contribution in [3.8, 4) is 0 Å². The molecule has 0 fully saturated rings. The van der Waals surface area contributed by atoms with Gasteiger partial charge < -0.3 is 0 Å². The van der Waals surface area contributed by atoms with Crippen molar-refractivity contribution in [1.29, 1.82) is 0 Å². The van der Waals surface area contributed by atoms with Gasteiger partial charge in [0.25, 0.3) is 0 Å². The molecule has 1 nitrogen and oxygen atoms in total. The van der Waals surface area contributed by atoms with E-state index in [-0.39, 0.29) is 5.52 Å². The van der Waals surface area contributed by atoms with E-state index in [1.54, 1.807) is 0 Å². The van der Waals surface area contributed by atoms with Crippen LogP contribution in [0.25, 0.3) is 0 Å². The van der Waals surface area contributed by atoms with Gasteiger partial charge in [-0.25, -0.2) is 0 Å². The first kappa shape index (κ1) is 13.3. The van der Waals surface area contributed by atoms with E-state index in [9.17, 15) is 4.79 Å². The summed E-state index contributed by atoms with van der Waals surface area (Å²) in [6.07, 6.45) is 0.428.